The van der Waals surface area contributed by atoms with Crippen molar-refractivity contribution in [2.75, 3.05) is 27.2 Å². The number of carbonyl (C=O) groups excluding carboxylic acids is 4. The molecular formula is C31H51N3O5. The first-order chi connectivity index (χ1) is 18.2. The molecule has 0 unspecified atom stereocenters. The lowest BCUT2D eigenvalue weighted by Crippen LogP contribution is -2.56. The summed E-state index contributed by atoms with van der Waals surface area (Å²) in [5, 5.41) is 2.80. The molecule has 1 aromatic rings. The smallest absolute Gasteiger partial charge is 0.328 e. The van der Waals surface area contributed by atoms with Crippen molar-refractivity contribution >= 4 is 23.7 Å². The fourth-order valence-electron chi connectivity index (χ4n) is 5.14. The second-order valence-corrected chi connectivity index (χ2v) is 11.9. The van der Waals surface area contributed by atoms with Crippen molar-refractivity contribution in [1.82, 2.24) is 15.1 Å². The largest absolute Gasteiger partial charge is 0.467 e. The Kier molecular flexibility index (Phi) is 13.7. The number of hydrogen-bond acceptors (Lipinski definition) is 5. The van der Waals surface area contributed by atoms with Gasteiger partial charge in [-0.2, -0.15) is 0 Å². The van der Waals surface area contributed by atoms with Crippen molar-refractivity contribution in [2.24, 2.45) is 17.8 Å². The Morgan fingerprint density at radius 1 is 1.08 bits per heavy atom. The van der Waals surface area contributed by atoms with Gasteiger partial charge in [-0.15, -0.1) is 0 Å². The summed E-state index contributed by atoms with van der Waals surface area (Å²) in [6.45, 7) is 16.5. The molecule has 0 radical (unpaired) electrons. The van der Waals surface area contributed by atoms with Crippen LogP contribution >= 0.6 is 0 Å². The first kappa shape index (κ1) is 34.1. The third-order valence-corrected chi connectivity index (χ3v) is 7.23. The van der Waals surface area contributed by atoms with Crippen LogP contribution in [0.3, 0.4) is 0 Å². The summed E-state index contributed by atoms with van der Waals surface area (Å²) in [6.07, 6.45) is 1.88. The van der Waals surface area contributed by atoms with Gasteiger partial charge >= 0.3 is 5.97 Å². The highest BCUT2D eigenvalue weighted by Crippen LogP contribution is 2.34. The topological polar surface area (TPSA) is 96.0 Å². The van der Waals surface area contributed by atoms with Gasteiger partial charge in [-0.3, -0.25) is 14.4 Å². The second-order valence-electron chi connectivity index (χ2n) is 11.9. The minimum absolute atomic E-state index is 0.175. The molecule has 220 valence electrons. The number of amides is 3. The van der Waals surface area contributed by atoms with E-state index in [4.69, 9.17) is 4.74 Å². The van der Waals surface area contributed by atoms with E-state index in [0.717, 1.165) is 11.5 Å². The van der Waals surface area contributed by atoms with Gasteiger partial charge in [-0.1, -0.05) is 85.7 Å². The van der Waals surface area contributed by atoms with Crippen LogP contribution in [0.4, 0.5) is 0 Å². The molecule has 1 N–H and O–H groups in total. The molecule has 1 heterocycles. The van der Waals surface area contributed by atoms with Gasteiger partial charge in [0.05, 0.1) is 13.7 Å². The first-order valence-corrected chi connectivity index (χ1v) is 14.2. The van der Waals surface area contributed by atoms with Crippen molar-refractivity contribution < 1.29 is 23.9 Å². The molecule has 1 fully saturated rings. The van der Waals surface area contributed by atoms with Gasteiger partial charge in [0.1, 0.15) is 12.1 Å². The maximum atomic E-state index is 13.4. The number of hydrogen-bond donors (Lipinski definition) is 1. The van der Waals surface area contributed by atoms with Crippen molar-refractivity contribution in [3.63, 3.8) is 0 Å². The lowest BCUT2D eigenvalue weighted by molar-refractivity contribution is -0.155. The number of rotatable bonds is 10. The molecule has 0 saturated carbocycles. The van der Waals surface area contributed by atoms with Crippen molar-refractivity contribution in [3.8, 4) is 0 Å². The Bertz CT molecular complexity index is 942. The minimum Gasteiger partial charge on any atom is -0.467 e. The van der Waals surface area contributed by atoms with Crippen LogP contribution in [0.15, 0.2) is 30.3 Å². The van der Waals surface area contributed by atoms with Crippen molar-refractivity contribution in [2.45, 2.75) is 92.2 Å². The molecule has 39 heavy (non-hydrogen) atoms. The van der Waals surface area contributed by atoms with E-state index in [-0.39, 0.29) is 36.1 Å². The average Bonchev–Trinajstić information content (AvgIpc) is 3.37. The highest BCUT2D eigenvalue weighted by Gasteiger charge is 2.41. The van der Waals surface area contributed by atoms with Gasteiger partial charge in [-0.25, -0.2) is 4.79 Å². The number of methoxy groups -OCH3 is 1. The number of esters is 1. The molecule has 0 aromatic heterocycles. The standard InChI is InChI=1S/C27H41N3O5.C4H10/c1-8-20(27(4,5)19-13-10-9-11-14-19)24(32)28-17-22(31)29(6)23(18(2)3)25(33)30-16-12-15-21(30)26(34)35-7;1-4(2)3/h9-11,13-14,18,20-21,23H,8,12,15-17H2,1-7H3,(H,28,32);4H,1-3H3/t20-,21+,23+;/m1./s1. The van der Waals surface area contributed by atoms with Crippen molar-refractivity contribution in [3.05, 3.63) is 35.9 Å². The zero-order valence-electron chi connectivity index (χ0n) is 25.7. The molecule has 0 aliphatic carbocycles. The van der Waals surface area contributed by atoms with E-state index < -0.39 is 23.5 Å². The first-order valence-electron chi connectivity index (χ1n) is 14.2. The molecule has 1 aliphatic heterocycles. The van der Waals surface area contributed by atoms with Crippen LogP contribution in [0, 0.1) is 17.8 Å². The van der Waals surface area contributed by atoms with Gasteiger partial charge in [0.25, 0.3) is 0 Å². The molecule has 3 atom stereocenters. The lowest BCUT2D eigenvalue weighted by atomic mass is 9.71. The predicted molar refractivity (Wildman–Crippen MR) is 155 cm³/mol. The molecule has 1 saturated heterocycles. The number of carbonyl (C=O) groups is 4. The normalized spacial score (nSPS) is 16.7. The van der Waals surface area contributed by atoms with E-state index in [1.54, 1.807) is 7.05 Å². The number of benzene rings is 1. The van der Waals surface area contributed by atoms with Crippen molar-refractivity contribution in [1.29, 1.82) is 0 Å². The Hall–Kier alpha value is -2.90. The van der Waals surface area contributed by atoms with Gasteiger partial charge in [0, 0.05) is 24.9 Å². The number of likely N-dealkylation sites (tertiary alicyclic amines) is 1. The number of nitrogens with zero attached hydrogens (tertiary/aromatic N) is 2. The summed E-state index contributed by atoms with van der Waals surface area (Å²) < 4.78 is 4.86. The molecule has 1 aromatic carbocycles. The van der Waals surface area contributed by atoms with Crippen LogP contribution in [0.25, 0.3) is 0 Å². The molecule has 3 amide bonds. The van der Waals surface area contributed by atoms with Gasteiger partial charge in [0.2, 0.25) is 17.7 Å². The summed E-state index contributed by atoms with van der Waals surface area (Å²) >= 11 is 0. The third kappa shape index (κ3) is 9.36. The van der Waals surface area contributed by atoms with Crippen LogP contribution in [0.5, 0.6) is 0 Å². The molecule has 1 aliphatic rings. The maximum Gasteiger partial charge on any atom is 0.328 e. The molecule has 8 heteroatoms. The average molecular weight is 546 g/mol. The molecule has 8 nitrogen and oxygen atoms in total. The Morgan fingerprint density at radius 2 is 1.64 bits per heavy atom. The van der Waals surface area contributed by atoms with E-state index in [9.17, 15) is 19.2 Å². The van der Waals surface area contributed by atoms with Gasteiger partial charge < -0.3 is 19.9 Å². The van der Waals surface area contributed by atoms with E-state index >= 15 is 0 Å². The van der Waals surface area contributed by atoms with E-state index in [2.05, 4.69) is 26.1 Å². The monoisotopic (exact) mass is 545 g/mol. The Morgan fingerprint density at radius 3 is 2.13 bits per heavy atom. The number of ether oxygens (including phenoxy) is 1. The van der Waals surface area contributed by atoms with Crippen LogP contribution in [0.2, 0.25) is 0 Å². The summed E-state index contributed by atoms with van der Waals surface area (Å²) in [4.78, 5) is 54.6. The SMILES string of the molecule is CC(C)C.CC[C@H](C(=O)NCC(=O)N(C)[C@H](C(=O)N1CCC[C@H]1C(=O)OC)C(C)C)C(C)(C)c1ccccc1. The predicted octanol–water partition coefficient (Wildman–Crippen LogP) is 4.42. The highest BCUT2D eigenvalue weighted by atomic mass is 16.5. The molecule has 0 bridgehead atoms. The van der Waals surface area contributed by atoms with Crippen LogP contribution < -0.4 is 5.32 Å². The second kappa shape index (κ2) is 15.6. The molecule has 0 spiro atoms. The number of nitrogens with one attached hydrogen (secondary N) is 1. The minimum atomic E-state index is -0.743. The zero-order chi connectivity index (χ0) is 29.9. The zero-order valence-corrected chi connectivity index (χ0v) is 25.7. The fraction of sp³-hybridized carbons (Fsp3) is 0.677. The molecule has 2 rings (SSSR count). The highest BCUT2D eigenvalue weighted by molar-refractivity contribution is 5.93. The summed E-state index contributed by atoms with van der Waals surface area (Å²) in [5.74, 6) is -0.923. The summed E-state index contributed by atoms with van der Waals surface area (Å²) in [7, 11) is 2.88. The maximum absolute atomic E-state index is 13.4. The third-order valence-electron chi connectivity index (χ3n) is 7.23. The number of likely N-dealkylation sites (N-methyl/N-ethyl adjacent to an activating group) is 1. The van der Waals surface area contributed by atoms with E-state index in [1.165, 1.54) is 16.9 Å². The van der Waals surface area contributed by atoms with Crippen LogP contribution in [-0.2, 0) is 29.3 Å². The van der Waals surface area contributed by atoms with Crippen LogP contribution in [0.1, 0.15) is 80.2 Å². The lowest BCUT2D eigenvalue weighted by Gasteiger charge is -2.35. The van der Waals surface area contributed by atoms with Gasteiger partial charge in [0.15, 0.2) is 0 Å². The molecular weight excluding hydrogens is 494 g/mol. The summed E-state index contributed by atoms with van der Waals surface area (Å²) in [6, 6.07) is 8.50. The van der Waals surface area contributed by atoms with Gasteiger partial charge in [-0.05, 0) is 36.7 Å². The summed E-state index contributed by atoms with van der Waals surface area (Å²) in [5.41, 5.74) is 0.645. The van der Waals surface area contributed by atoms with E-state index in [1.807, 2.05) is 65.0 Å². The van der Waals surface area contributed by atoms with E-state index in [0.29, 0.717) is 25.8 Å². The fourth-order valence-corrected chi connectivity index (χ4v) is 5.14. The Balaban J connectivity index is 0.00000177. The van der Waals surface area contributed by atoms with Crippen LogP contribution in [-0.4, -0.2) is 72.8 Å². The Labute approximate surface area is 235 Å². The quantitative estimate of drug-likeness (QED) is 0.439.